The predicted octanol–water partition coefficient (Wildman–Crippen LogP) is 2.48. The molecule has 7 nitrogen and oxygen atoms in total. The number of sulfonamides is 1. The molecule has 0 atom stereocenters. The zero-order valence-corrected chi connectivity index (χ0v) is 15.2. The van der Waals surface area contributed by atoms with E-state index in [0.717, 1.165) is 17.2 Å². The van der Waals surface area contributed by atoms with E-state index in [4.69, 9.17) is 4.74 Å². The number of carbonyl (C=O) groups excluding carboxylic acids is 1. The van der Waals surface area contributed by atoms with Crippen LogP contribution in [0.15, 0.2) is 48.5 Å². The maximum absolute atomic E-state index is 12.4. The van der Waals surface area contributed by atoms with Gasteiger partial charge in [0.15, 0.2) is 0 Å². The molecule has 0 saturated heterocycles. The van der Waals surface area contributed by atoms with Gasteiger partial charge in [-0.2, -0.15) is 0 Å². The SMILES string of the molecule is COc1ccc2cc(C(=O)NCc3ccccc3NS(C)(=O)=O)[nH]c2c1. The van der Waals surface area contributed by atoms with Crippen LogP contribution in [0.25, 0.3) is 10.9 Å². The quantitative estimate of drug-likeness (QED) is 0.618. The number of rotatable bonds is 6. The molecule has 3 N–H and O–H groups in total. The van der Waals surface area contributed by atoms with Crippen LogP contribution in [0.3, 0.4) is 0 Å². The van der Waals surface area contributed by atoms with E-state index in [2.05, 4.69) is 15.0 Å². The second-order valence-electron chi connectivity index (χ2n) is 5.85. The number of para-hydroxylation sites is 1. The lowest BCUT2D eigenvalue weighted by molar-refractivity contribution is 0.0947. The molecule has 8 heteroatoms. The Labute approximate surface area is 151 Å². The summed E-state index contributed by atoms with van der Waals surface area (Å²) >= 11 is 0. The Kier molecular flexibility index (Phi) is 4.85. The first kappa shape index (κ1) is 17.8. The number of benzene rings is 2. The average Bonchev–Trinajstić information content (AvgIpc) is 3.02. The number of hydrogen-bond acceptors (Lipinski definition) is 4. The van der Waals surface area contributed by atoms with Gasteiger partial charge in [-0.05, 0) is 29.8 Å². The molecule has 0 bridgehead atoms. The van der Waals surface area contributed by atoms with E-state index in [1.807, 2.05) is 18.2 Å². The fourth-order valence-corrected chi connectivity index (χ4v) is 3.20. The van der Waals surface area contributed by atoms with Crippen LogP contribution in [-0.2, 0) is 16.6 Å². The van der Waals surface area contributed by atoms with Crippen LogP contribution in [0.5, 0.6) is 5.75 Å². The summed E-state index contributed by atoms with van der Waals surface area (Å²) in [6.45, 7) is 0.191. The molecule has 3 rings (SSSR count). The highest BCUT2D eigenvalue weighted by molar-refractivity contribution is 7.92. The van der Waals surface area contributed by atoms with Gasteiger partial charge >= 0.3 is 0 Å². The first-order valence-corrected chi connectivity index (χ1v) is 9.75. The highest BCUT2D eigenvalue weighted by Crippen LogP contribution is 2.21. The van der Waals surface area contributed by atoms with Gasteiger partial charge in [-0.3, -0.25) is 9.52 Å². The Morgan fingerprint density at radius 3 is 2.65 bits per heavy atom. The number of amides is 1. The highest BCUT2D eigenvalue weighted by Gasteiger charge is 2.12. The first-order chi connectivity index (χ1) is 12.4. The van der Waals surface area contributed by atoms with Crippen LogP contribution in [0.4, 0.5) is 5.69 Å². The summed E-state index contributed by atoms with van der Waals surface area (Å²) < 4.78 is 30.5. The highest BCUT2D eigenvalue weighted by atomic mass is 32.2. The number of carbonyl (C=O) groups is 1. The van der Waals surface area contributed by atoms with Crippen molar-refractivity contribution >= 4 is 32.5 Å². The standard InChI is InChI=1S/C18H19N3O4S/c1-25-14-8-7-12-9-17(20-16(12)10-14)18(22)19-11-13-5-3-4-6-15(13)21-26(2,23)24/h3-10,20-21H,11H2,1-2H3,(H,19,22). The van der Waals surface area contributed by atoms with Crippen LogP contribution in [-0.4, -0.2) is 32.7 Å². The molecule has 1 heterocycles. The van der Waals surface area contributed by atoms with Crippen molar-refractivity contribution in [2.45, 2.75) is 6.54 Å². The number of aromatic nitrogens is 1. The molecular weight excluding hydrogens is 354 g/mol. The Balaban J connectivity index is 1.75. The Morgan fingerprint density at radius 1 is 1.15 bits per heavy atom. The van der Waals surface area contributed by atoms with Crippen molar-refractivity contribution in [1.82, 2.24) is 10.3 Å². The number of H-pyrrole nitrogens is 1. The zero-order valence-electron chi connectivity index (χ0n) is 14.4. The van der Waals surface area contributed by atoms with E-state index in [1.54, 1.807) is 37.4 Å². The molecule has 0 saturated carbocycles. The fourth-order valence-electron chi connectivity index (χ4n) is 2.60. The summed E-state index contributed by atoms with van der Waals surface area (Å²) in [7, 11) is -1.81. The normalized spacial score (nSPS) is 11.3. The van der Waals surface area contributed by atoms with Gasteiger partial charge in [0, 0.05) is 23.5 Å². The predicted molar refractivity (Wildman–Crippen MR) is 101 cm³/mol. The molecule has 0 aliphatic carbocycles. The Morgan fingerprint density at radius 2 is 1.92 bits per heavy atom. The van der Waals surface area contributed by atoms with E-state index >= 15 is 0 Å². The minimum absolute atomic E-state index is 0.191. The number of methoxy groups -OCH3 is 1. The third-order valence-electron chi connectivity index (χ3n) is 3.83. The maximum atomic E-state index is 12.4. The fraction of sp³-hybridized carbons (Fsp3) is 0.167. The summed E-state index contributed by atoms with van der Waals surface area (Å²) in [4.78, 5) is 15.5. The third kappa shape index (κ3) is 4.15. The average molecular weight is 373 g/mol. The first-order valence-electron chi connectivity index (χ1n) is 7.86. The van der Waals surface area contributed by atoms with E-state index in [0.29, 0.717) is 22.7 Å². The summed E-state index contributed by atoms with van der Waals surface area (Å²) in [6.07, 6.45) is 1.08. The third-order valence-corrected chi connectivity index (χ3v) is 4.42. The minimum Gasteiger partial charge on any atom is -0.497 e. The lowest BCUT2D eigenvalue weighted by Gasteiger charge is -2.11. The van der Waals surface area contributed by atoms with Gasteiger partial charge in [-0.25, -0.2) is 8.42 Å². The number of fused-ring (bicyclic) bond motifs is 1. The van der Waals surface area contributed by atoms with Crippen molar-refractivity contribution < 1.29 is 17.9 Å². The van der Waals surface area contributed by atoms with Crippen LogP contribution in [0.1, 0.15) is 16.1 Å². The van der Waals surface area contributed by atoms with Crippen molar-refractivity contribution in [3.05, 3.63) is 59.8 Å². The molecule has 1 aromatic heterocycles. The number of aromatic amines is 1. The molecule has 0 spiro atoms. The van der Waals surface area contributed by atoms with Crippen molar-refractivity contribution in [3.8, 4) is 5.75 Å². The van der Waals surface area contributed by atoms with Gasteiger partial charge < -0.3 is 15.0 Å². The number of hydrogen-bond donors (Lipinski definition) is 3. The molecule has 0 aliphatic heterocycles. The van der Waals surface area contributed by atoms with Gasteiger partial charge in [0.1, 0.15) is 11.4 Å². The molecule has 0 aliphatic rings. The Bertz CT molecular complexity index is 1060. The molecule has 136 valence electrons. The van der Waals surface area contributed by atoms with E-state index < -0.39 is 10.0 Å². The molecule has 0 unspecified atom stereocenters. The lowest BCUT2D eigenvalue weighted by Crippen LogP contribution is -2.24. The molecule has 0 fully saturated rings. The van der Waals surface area contributed by atoms with Crippen LogP contribution < -0.4 is 14.8 Å². The maximum Gasteiger partial charge on any atom is 0.267 e. The van der Waals surface area contributed by atoms with Gasteiger partial charge in [0.2, 0.25) is 10.0 Å². The molecule has 2 aromatic carbocycles. The van der Waals surface area contributed by atoms with Gasteiger partial charge in [0.25, 0.3) is 5.91 Å². The number of anilines is 1. The summed E-state index contributed by atoms with van der Waals surface area (Å²) in [6, 6.07) is 14.2. The van der Waals surface area contributed by atoms with Crippen molar-refractivity contribution in [1.29, 1.82) is 0 Å². The summed E-state index contributed by atoms with van der Waals surface area (Å²) in [5, 5.41) is 3.69. The van der Waals surface area contributed by atoms with E-state index in [9.17, 15) is 13.2 Å². The minimum atomic E-state index is -3.40. The smallest absolute Gasteiger partial charge is 0.267 e. The van der Waals surface area contributed by atoms with Gasteiger partial charge in [-0.15, -0.1) is 0 Å². The van der Waals surface area contributed by atoms with Crippen LogP contribution in [0.2, 0.25) is 0 Å². The number of ether oxygens (including phenoxy) is 1. The van der Waals surface area contributed by atoms with Gasteiger partial charge in [-0.1, -0.05) is 18.2 Å². The molecule has 1 amide bonds. The van der Waals surface area contributed by atoms with Gasteiger partial charge in [0.05, 0.1) is 19.1 Å². The Hall–Kier alpha value is -3.00. The van der Waals surface area contributed by atoms with Crippen LogP contribution >= 0.6 is 0 Å². The lowest BCUT2D eigenvalue weighted by atomic mass is 10.2. The van der Waals surface area contributed by atoms with E-state index in [1.165, 1.54) is 0 Å². The molecular formula is C18H19N3O4S. The van der Waals surface area contributed by atoms with Crippen molar-refractivity contribution in [3.63, 3.8) is 0 Å². The zero-order chi connectivity index (χ0) is 18.7. The van der Waals surface area contributed by atoms with Crippen LogP contribution in [0, 0.1) is 0 Å². The molecule has 26 heavy (non-hydrogen) atoms. The summed E-state index contributed by atoms with van der Waals surface area (Å²) in [5.74, 6) is 0.418. The monoisotopic (exact) mass is 373 g/mol. The van der Waals surface area contributed by atoms with Crippen molar-refractivity contribution in [2.75, 3.05) is 18.1 Å². The van der Waals surface area contributed by atoms with Crippen molar-refractivity contribution in [2.24, 2.45) is 0 Å². The number of nitrogens with one attached hydrogen (secondary N) is 3. The second-order valence-corrected chi connectivity index (χ2v) is 7.60. The molecule has 0 radical (unpaired) electrons. The topological polar surface area (TPSA) is 100 Å². The van der Waals surface area contributed by atoms with E-state index in [-0.39, 0.29) is 12.5 Å². The molecule has 3 aromatic rings. The largest absolute Gasteiger partial charge is 0.497 e. The summed E-state index contributed by atoms with van der Waals surface area (Å²) in [5.41, 5.74) is 2.33. The second kappa shape index (κ2) is 7.09.